The number of halogens is 6. The molecule has 1 aliphatic rings. The van der Waals surface area contributed by atoms with E-state index in [-0.39, 0.29) is 0 Å². The van der Waals surface area contributed by atoms with E-state index in [0.717, 1.165) is 26.3 Å². The van der Waals surface area contributed by atoms with E-state index in [1.807, 2.05) is 0 Å². The van der Waals surface area contributed by atoms with Crippen LogP contribution in [0.5, 0.6) is 0 Å². The Morgan fingerprint density at radius 3 is 1.23 bits per heavy atom. The van der Waals surface area contributed by atoms with Crippen LogP contribution in [0.15, 0.2) is 0 Å². The second-order valence-electron chi connectivity index (χ2n) is 2.44. The summed E-state index contributed by atoms with van der Waals surface area (Å²) in [5.74, 6) is 0. The van der Waals surface area contributed by atoms with Gasteiger partial charge in [-0.05, 0) is 0 Å². The third kappa shape index (κ3) is 33.5. The maximum absolute atomic E-state index is 10.7. The number of nitrogens with two attached hydrogens (primary N) is 1. The van der Waals surface area contributed by atoms with Gasteiger partial charge in [0.1, 0.15) is 0 Å². The van der Waals surface area contributed by atoms with Crippen molar-refractivity contribution in [2.24, 2.45) is 0 Å². The summed E-state index contributed by atoms with van der Waals surface area (Å²) in [5, 5.41) is 2.27. The first kappa shape index (κ1) is 12.9. The minimum absolute atomic E-state index is 0.944. The van der Waals surface area contributed by atoms with Crippen LogP contribution in [0.2, 0.25) is 0 Å². The van der Waals surface area contributed by atoms with Crippen molar-refractivity contribution in [3.05, 3.63) is 0 Å². The summed E-state index contributed by atoms with van der Waals surface area (Å²) in [6, 6.07) is 0. The van der Waals surface area contributed by atoms with Gasteiger partial charge in [-0.2, -0.15) is 0 Å². The molecule has 1 rings (SSSR count). The van der Waals surface area contributed by atoms with Crippen molar-refractivity contribution in [1.29, 1.82) is 0 Å². The van der Waals surface area contributed by atoms with Crippen LogP contribution in [0.1, 0.15) is 0 Å². The van der Waals surface area contributed by atoms with Gasteiger partial charge in [-0.15, -0.1) is 0 Å². The summed E-state index contributed by atoms with van der Waals surface area (Å²) in [6.07, 6.45) is 0. The van der Waals surface area contributed by atoms with Gasteiger partial charge in [0.05, 0.1) is 26.3 Å². The summed E-state index contributed by atoms with van der Waals surface area (Å²) < 4.78 is 64.2. The number of hydrogen-bond acceptors (Lipinski definition) is 1. The molecule has 0 aromatic carbocycles. The zero-order valence-electron chi connectivity index (χ0n) is 6.53. The van der Waals surface area contributed by atoms with Gasteiger partial charge in [0, 0.05) is 0 Å². The second kappa shape index (κ2) is 3.25. The van der Waals surface area contributed by atoms with Crippen LogP contribution in [0.3, 0.4) is 0 Å². The molecule has 0 bridgehead atoms. The fraction of sp³-hybridized carbons (Fsp3) is 1.00. The van der Waals surface area contributed by atoms with Crippen molar-refractivity contribution in [3.63, 3.8) is 0 Å². The van der Waals surface area contributed by atoms with Gasteiger partial charge in [0.15, 0.2) is 0 Å². The Morgan fingerprint density at radius 2 is 1.15 bits per heavy atom. The Hall–Kier alpha value is -0.0700. The average Bonchev–Trinajstić information content (AvgIpc) is 1.84. The van der Waals surface area contributed by atoms with Gasteiger partial charge in [-0.25, -0.2) is 0 Å². The predicted octanol–water partition coefficient (Wildman–Crippen LogP) is 1.96. The summed E-state index contributed by atoms with van der Waals surface area (Å²) in [7, 11) is -10.7. The standard InChI is InChI=1S/C4H9NO.F6P/c1-3-6-4-2-5-1;1-7(2,3,4,5)6/h5H,1-4H2;/q;-1/p+1. The molecule has 1 aliphatic heterocycles. The molecular weight excluding hydrogens is 223 g/mol. The SMILES string of the molecule is C1COCC[NH2+]1.F[P-](F)(F)(F)(F)F. The van der Waals surface area contributed by atoms with Crippen LogP contribution in [0, 0.1) is 0 Å². The Kier molecular flexibility index (Phi) is 3.24. The zero-order valence-corrected chi connectivity index (χ0v) is 7.42. The number of hydrogen-bond donors (Lipinski definition) is 1. The van der Waals surface area contributed by atoms with Gasteiger partial charge in [-0.1, -0.05) is 0 Å². The number of ether oxygens (including phenoxy) is 1. The van der Waals surface area contributed by atoms with E-state index >= 15 is 0 Å². The molecular formula is C4H10F6NOP. The summed E-state index contributed by atoms with van der Waals surface area (Å²) in [5.41, 5.74) is 0. The summed E-state index contributed by atoms with van der Waals surface area (Å²) in [4.78, 5) is 0. The Bertz CT molecular complexity index is 135. The van der Waals surface area contributed by atoms with Crippen LogP contribution in [0.25, 0.3) is 0 Å². The fourth-order valence-corrected chi connectivity index (χ4v) is 0.580. The molecule has 1 fully saturated rings. The molecule has 2 nitrogen and oxygen atoms in total. The van der Waals surface area contributed by atoms with Crippen LogP contribution in [-0.4, -0.2) is 26.3 Å². The molecule has 0 atom stereocenters. The quantitative estimate of drug-likeness (QED) is 0.502. The van der Waals surface area contributed by atoms with E-state index < -0.39 is 7.81 Å². The Morgan fingerprint density at radius 1 is 0.846 bits per heavy atom. The zero-order chi connectivity index (χ0) is 10.7. The molecule has 0 aliphatic carbocycles. The van der Waals surface area contributed by atoms with E-state index in [9.17, 15) is 25.2 Å². The van der Waals surface area contributed by atoms with Gasteiger partial charge in [-0.3, -0.25) is 0 Å². The molecule has 0 unspecified atom stereocenters. The van der Waals surface area contributed by atoms with E-state index in [1.54, 1.807) is 0 Å². The number of rotatable bonds is 0. The maximum atomic E-state index is 9.87. The first-order valence-electron chi connectivity index (χ1n) is 3.41. The van der Waals surface area contributed by atoms with Crippen molar-refractivity contribution >= 4 is 7.81 Å². The van der Waals surface area contributed by atoms with Gasteiger partial charge in [0.25, 0.3) is 0 Å². The molecule has 0 aromatic heterocycles. The number of quaternary nitrogens is 1. The van der Waals surface area contributed by atoms with E-state index in [0.29, 0.717) is 0 Å². The van der Waals surface area contributed by atoms with Gasteiger partial charge in [0.2, 0.25) is 0 Å². The van der Waals surface area contributed by atoms with E-state index in [4.69, 9.17) is 4.74 Å². The monoisotopic (exact) mass is 233 g/mol. The van der Waals surface area contributed by atoms with E-state index in [1.165, 1.54) is 0 Å². The third-order valence-electron chi connectivity index (χ3n) is 0.933. The molecule has 0 spiro atoms. The first-order valence-corrected chi connectivity index (χ1v) is 5.44. The normalized spacial score (nSPS) is 23.5. The first-order chi connectivity index (χ1) is 5.45. The van der Waals surface area contributed by atoms with Gasteiger partial charge < -0.3 is 10.1 Å². The molecule has 13 heavy (non-hydrogen) atoms. The molecule has 1 heterocycles. The van der Waals surface area contributed by atoms with Crippen LogP contribution in [0.4, 0.5) is 25.2 Å². The van der Waals surface area contributed by atoms with Crippen LogP contribution in [-0.2, 0) is 4.74 Å². The summed E-state index contributed by atoms with van der Waals surface area (Å²) in [6.45, 7) is 4.19. The average molecular weight is 233 g/mol. The number of morpholine rings is 1. The molecule has 0 saturated carbocycles. The van der Waals surface area contributed by atoms with Crippen LogP contribution >= 0.6 is 7.81 Å². The van der Waals surface area contributed by atoms with Crippen molar-refractivity contribution in [1.82, 2.24) is 0 Å². The van der Waals surface area contributed by atoms with Crippen molar-refractivity contribution < 1.29 is 35.2 Å². The molecule has 2 N–H and O–H groups in total. The predicted molar refractivity (Wildman–Crippen MR) is 36.0 cm³/mol. The summed E-state index contributed by atoms with van der Waals surface area (Å²) >= 11 is 0. The molecule has 84 valence electrons. The molecule has 0 amide bonds. The Labute approximate surface area is 70.5 Å². The second-order valence-corrected chi connectivity index (χ2v) is 4.35. The molecule has 0 radical (unpaired) electrons. The van der Waals surface area contributed by atoms with E-state index in [2.05, 4.69) is 5.32 Å². The topological polar surface area (TPSA) is 25.8 Å². The molecule has 1 saturated heterocycles. The Balaban J connectivity index is 0.000000223. The van der Waals surface area contributed by atoms with Crippen molar-refractivity contribution in [3.8, 4) is 0 Å². The van der Waals surface area contributed by atoms with Gasteiger partial charge >= 0.3 is 33.0 Å². The van der Waals surface area contributed by atoms with Crippen LogP contribution < -0.4 is 5.32 Å². The fourth-order valence-electron chi connectivity index (χ4n) is 0.580. The molecule has 9 heteroatoms. The van der Waals surface area contributed by atoms with Crippen molar-refractivity contribution in [2.45, 2.75) is 0 Å². The minimum atomic E-state index is -10.7. The van der Waals surface area contributed by atoms with Crippen molar-refractivity contribution in [2.75, 3.05) is 26.3 Å². The molecule has 0 aromatic rings. The third-order valence-corrected chi connectivity index (χ3v) is 0.933.